The van der Waals surface area contributed by atoms with Crippen molar-refractivity contribution >= 4 is 17.7 Å². The van der Waals surface area contributed by atoms with Gasteiger partial charge in [0.05, 0.1) is 14.2 Å². The summed E-state index contributed by atoms with van der Waals surface area (Å²) in [4.78, 5) is 11.9. The third-order valence-corrected chi connectivity index (χ3v) is 2.16. The third kappa shape index (κ3) is 3.78. The van der Waals surface area contributed by atoms with Crippen LogP contribution in [0.4, 0.5) is 5.95 Å². The topological polar surface area (TPSA) is 69.2 Å². The zero-order valence-corrected chi connectivity index (χ0v) is 9.80. The van der Waals surface area contributed by atoms with Gasteiger partial charge in [-0.15, -0.1) is 4.98 Å². The minimum atomic E-state index is 0.244. The van der Waals surface area contributed by atoms with E-state index in [1.165, 1.54) is 14.2 Å². The van der Waals surface area contributed by atoms with Gasteiger partial charge in [-0.2, -0.15) is 21.7 Å². The summed E-state index contributed by atoms with van der Waals surface area (Å²) in [6.45, 7) is 0.789. The summed E-state index contributed by atoms with van der Waals surface area (Å²) < 4.78 is 9.83. The zero-order chi connectivity index (χ0) is 11.1. The molecule has 1 rings (SSSR count). The summed E-state index contributed by atoms with van der Waals surface area (Å²) >= 11 is 1.74. The van der Waals surface area contributed by atoms with Crippen molar-refractivity contribution < 1.29 is 9.47 Å². The Morgan fingerprint density at radius 2 is 1.73 bits per heavy atom. The van der Waals surface area contributed by atoms with E-state index in [1.54, 1.807) is 11.8 Å². The Morgan fingerprint density at radius 1 is 1.13 bits per heavy atom. The molecule has 0 aliphatic heterocycles. The van der Waals surface area contributed by atoms with Gasteiger partial charge < -0.3 is 14.8 Å². The van der Waals surface area contributed by atoms with Crippen molar-refractivity contribution in [2.45, 2.75) is 0 Å². The summed E-state index contributed by atoms with van der Waals surface area (Å²) in [5.74, 6) is 1.45. The van der Waals surface area contributed by atoms with E-state index in [-0.39, 0.29) is 12.0 Å². The molecule has 0 aliphatic rings. The fourth-order valence-corrected chi connectivity index (χ4v) is 1.17. The molecule has 0 saturated heterocycles. The van der Waals surface area contributed by atoms with Gasteiger partial charge in [0.15, 0.2) is 0 Å². The number of ether oxygens (including phenoxy) is 2. The minimum absolute atomic E-state index is 0.244. The smallest absolute Gasteiger partial charge is 0.324 e. The number of nitrogens with zero attached hydrogens (tertiary/aromatic N) is 3. The first-order chi connectivity index (χ1) is 7.30. The SMILES string of the molecule is COc1nc(NCCSC)nc(OC)n1. The van der Waals surface area contributed by atoms with Crippen molar-refractivity contribution in [2.24, 2.45) is 0 Å². The van der Waals surface area contributed by atoms with E-state index < -0.39 is 0 Å². The van der Waals surface area contributed by atoms with Crippen LogP contribution in [0.2, 0.25) is 0 Å². The molecule has 0 saturated carbocycles. The van der Waals surface area contributed by atoms with Crippen molar-refractivity contribution in [3.05, 3.63) is 0 Å². The zero-order valence-electron chi connectivity index (χ0n) is 8.98. The van der Waals surface area contributed by atoms with Crippen LogP contribution >= 0.6 is 11.8 Å². The monoisotopic (exact) mass is 230 g/mol. The van der Waals surface area contributed by atoms with Crippen LogP contribution < -0.4 is 14.8 Å². The predicted molar refractivity (Wildman–Crippen MR) is 59.8 cm³/mol. The van der Waals surface area contributed by atoms with Gasteiger partial charge in [0.1, 0.15) is 0 Å². The number of hydrogen-bond donors (Lipinski definition) is 1. The van der Waals surface area contributed by atoms with Gasteiger partial charge in [0.2, 0.25) is 5.95 Å². The average molecular weight is 230 g/mol. The standard InChI is InChI=1S/C8H14N4O2S/c1-13-7-10-6(9-4-5-15-3)11-8(12-7)14-2/h4-5H2,1-3H3,(H,9,10,11,12). The molecule has 0 atom stereocenters. The van der Waals surface area contributed by atoms with E-state index in [0.717, 1.165) is 12.3 Å². The second kappa shape index (κ2) is 6.28. The molecule has 0 aromatic carbocycles. The largest absolute Gasteiger partial charge is 0.467 e. The van der Waals surface area contributed by atoms with Crippen molar-refractivity contribution in [1.82, 2.24) is 15.0 Å². The van der Waals surface area contributed by atoms with Gasteiger partial charge >= 0.3 is 12.0 Å². The molecule has 0 amide bonds. The number of rotatable bonds is 6. The molecule has 1 aromatic heterocycles. The Bertz CT molecular complexity index is 288. The molecule has 7 heteroatoms. The highest BCUT2D eigenvalue weighted by molar-refractivity contribution is 7.98. The first kappa shape index (κ1) is 11.8. The maximum absolute atomic E-state index is 4.92. The lowest BCUT2D eigenvalue weighted by molar-refractivity contribution is 0.341. The van der Waals surface area contributed by atoms with Crippen LogP contribution in [-0.4, -0.2) is 47.7 Å². The number of aromatic nitrogens is 3. The fraction of sp³-hybridized carbons (Fsp3) is 0.625. The van der Waals surface area contributed by atoms with Gasteiger partial charge in [-0.3, -0.25) is 0 Å². The van der Waals surface area contributed by atoms with E-state index in [4.69, 9.17) is 9.47 Å². The van der Waals surface area contributed by atoms with E-state index in [1.807, 2.05) is 6.26 Å². The van der Waals surface area contributed by atoms with Crippen LogP contribution in [-0.2, 0) is 0 Å². The lowest BCUT2D eigenvalue weighted by atomic mass is 10.7. The Hall–Kier alpha value is -1.24. The Kier molecular flexibility index (Phi) is 4.96. The summed E-state index contributed by atoms with van der Waals surface area (Å²) in [5, 5.41) is 3.05. The summed E-state index contributed by atoms with van der Waals surface area (Å²) in [6, 6.07) is 0.488. The van der Waals surface area contributed by atoms with E-state index >= 15 is 0 Å². The number of hydrogen-bond acceptors (Lipinski definition) is 7. The van der Waals surface area contributed by atoms with E-state index in [0.29, 0.717) is 5.95 Å². The highest BCUT2D eigenvalue weighted by Crippen LogP contribution is 2.11. The van der Waals surface area contributed by atoms with E-state index in [9.17, 15) is 0 Å². The van der Waals surface area contributed by atoms with Crippen molar-refractivity contribution in [3.8, 4) is 12.0 Å². The second-order valence-electron chi connectivity index (χ2n) is 2.55. The molecule has 0 spiro atoms. The average Bonchev–Trinajstić information content (AvgIpc) is 2.29. The third-order valence-electron chi connectivity index (χ3n) is 1.55. The molecular weight excluding hydrogens is 216 g/mol. The first-order valence-electron chi connectivity index (χ1n) is 4.37. The molecule has 1 heterocycles. The molecular formula is C8H14N4O2S. The Labute approximate surface area is 92.8 Å². The number of anilines is 1. The van der Waals surface area contributed by atoms with Crippen LogP contribution in [0.25, 0.3) is 0 Å². The van der Waals surface area contributed by atoms with Crippen molar-refractivity contribution in [2.75, 3.05) is 38.1 Å². The van der Waals surface area contributed by atoms with Gasteiger partial charge in [-0.05, 0) is 6.26 Å². The maximum Gasteiger partial charge on any atom is 0.324 e. The van der Waals surface area contributed by atoms with Gasteiger partial charge in [-0.25, -0.2) is 0 Å². The molecule has 1 aromatic rings. The van der Waals surface area contributed by atoms with Crippen molar-refractivity contribution in [3.63, 3.8) is 0 Å². The normalized spacial score (nSPS) is 9.80. The molecule has 84 valence electrons. The predicted octanol–water partition coefficient (Wildman–Crippen LogP) is 0.664. The molecule has 0 radical (unpaired) electrons. The quantitative estimate of drug-likeness (QED) is 0.720. The van der Waals surface area contributed by atoms with Crippen LogP contribution in [0.5, 0.6) is 12.0 Å². The minimum Gasteiger partial charge on any atom is -0.467 e. The van der Waals surface area contributed by atoms with Gasteiger partial charge in [-0.1, -0.05) is 0 Å². The number of methoxy groups -OCH3 is 2. The van der Waals surface area contributed by atoms with Crippen LogP contribution in [0.15, 0.2) is 0 Å². The summed E-state index contributed by atoms with van der Waals surface area (Å²) in [7, 11) is 3.00. The lowest BCUT2D eigenvalue weighted by Crippen LogP contribution is -2.09. The van der Waals surface area contributed by atoms with Gasteiger partial charge in [0, 0.05) is 12.3 Å². The summed E-state index contributed by atoms with van der Waals surface area (Å²) in [6.07, 6.45) is 2.04. The van der Waals surface area contributed by atoms with E-state index in [2.05, 4.69) is 20.3 Å². The highest BCUT2D eigenvalue weighted by atomic mass is 32.2. The lowest BCUT2D eigenvalue weighted by Gasteiger charge is -2.06. The molecule has 0 fully saturated rings. The van der Waals surface area contributed by atoms with Crippen LogP contribution in [0.3, 0.4) is 0 Å². The number of nitrogens with one attached hydrogen (secondary N) is 1. The second-order valence-corrected chi connectivity index (χ2v) is 3.54. The number of thioether (sulfide) groups is 1. The molecule has 1 N–H and O–H groups in total. The van der Waals surface area contributed by atoms with Gasteiger partial charge in [0.25, 0.3) is 0 Å². The first-order valence-corrected chi connectivity index (χ1v) is 5.76. The molecule has 15 heavy (non-hydrogen) atoms. The summed E-state index contributed by atoms with van der Waals surface area (Å²) in [5.41, 5.74) is 0. The Balaban J connectivity index is 2.68. The van der Waals surface area contributed by atoms with Crippen molar-refractivity contribution in [1.29, 1.82) is 0 Å². The molecule has 0 unspecified atom stereocenters. The van der Waals surface area contributed by atoms with Crippen LogP contribution in [0.1, 0.15) is 0 Å². The fourth-order valence-electron chi connectivity index (χ4n) is 0.865. The highest BCUT2D eigenvalue weighted by Gasteiger charge is 2.05. The molecule has 6 nitrogen and oxygen atoms in total. The van der Waals surface area contributed by atoms with Crippen LogP contribution in [0, 0.1) is 0 Å². The molecule has 0 aliphatic carbocycles. The maximum atomic E-state index is 4.92. The Morgan fingerprint density at radius 3 is 2.20 bits per heavy atom. The molecule has 0 bridgehead atoms.